The van der Waals surface area contributed by atoms with Crippen LogP contribution in [0, 0.1) is 13.8 Å². The number of carbonyl (C=O) groups is 1. The van der Waals surface area contributed by atoms with Crippen LogP contribution >= 0.6 is 12.2 Å². The number of para-hydroxylation sites is 1. The Morgan fingerprint density at radius 1 is 0.857 bits per heavy atom. The topological polar surface area (TPSA) is 68.6 Å². The number of ether oxygens (including phenoxy) is 2. The van der Waals surface area contributed by atoms with E-state index in [0.29, 0.717) is 10.7 Å². The van der Waals surface area contributed by atoms with Crippen LogP contribution in [0.25, 0.3) is 5.69 Å². The van der Waals surface area contributed by atoms with Gasteiger partial charge in [0.15, 0.2) is 5.11 Å². The second-order valence-electron chi connectivity index (χ2n) is 10.1. The highest BCUT2D eigenvalue weighted by molar-refractivity contribution is 7.80. The number of pyridine rings is 1. The fourth-order valence-electron chi connectivity index (χ4n) is 5.60. The predicted molar refractivity (Wildman–Crippen MR) is 167 cm³/mol. The summed E-state index contributed by atoms with van der Waals surface area (Å²) in [5.41, 5.74) is 6.59. The molecule has 0 unspecified atom stereocenters. The Balaban J connectivity index is 1.40. The van der Waals surface area contributed by atoms with Crippen molar-refractivity contribution in [2.24, 2.45) is 0 Å². The second kappa shape index (κ2) is 11.5. The van der Waals surface area contributed by atoms with E-state index in [1.165, 1.54) is 7.11 Å². The average Bonchev–Trinajstić information content (AvgIpc) is 3.52. The Hall–Kier alpha value is -4.95. The highest BCUT2D eigenvalue weighted by Crippen LogP contribution is 2.44. The first-order chi connectivity index (χ1) is 20.4. The summed E-state index contributed by atoms with van der Waals surface area (Å²) in [5.74, 6) is 1.17. The van der Waals surface area contributed by atoms with Gasteiger partial charge in [-0.15, -0.1) is 0 Å². The Morgan fingerprint density at radius 2 is 1.52 bits per heavy atom. The largest absolute Gasteiger partial charge is 0.465 e. The van der Waals surface area contributed by atoms with Crippen LogP contribution in [-0.2, 0) is 4.74 Å². The Bertz CT molecular complexity index is 1720. The number of hydrogen-bond donors (Lipinski definition) is 1. The number of methoxy groups -OCH3 is 1. The summed E-state index contributed by atoms with van der Waals surface area (Å²) in [6.45, 7) is 4.20. The molecular weight excluding hydrogens is 544 g/mol. The van der Waals surface area contributed by atoms with Gasteiger partial charge in [0.25, 0.3) is 0 Å². The van der Waals surface area contributed by atoms with Gasteiger partial charge in [-0.25, -0.2) is 4.79 Å². The van der Waals surface area contributed by atoms with Gasteiger partial charge < -0.3 is 24.3 Å². The van der Waals surface area contributed by atoms with Crippen LogP contribution < -0.4 is 15.0 Å². The highest BCUT2D eigenvalue weighted by atomic mass is 32.1. The molecule has 0 amide bonds. The van der Waals surface area contributed by atoms with Crippen molar-refractivity contribution in [1.82, 2.24) is 14.9 Å². The van der Waals surface area contributed by atoms with Gasteiger partial charge in [-0.2, -0.15) is 0 Å². The first-order valence-electron chi connectivity index (χ1n) is 13.7. The molecule has 1 N–H and O–H groups in total. The van der Waals surface area contributed by atoms with E-state index in [9.17, 15) is 4.79 Å². The lowest BCUT2D eigenvalue weighted by Crippen LogP contribution is -2.29. The number of hydrogen-bond acceptors (Lipinski definition) is 5. The number of nitrogens with one attached hydrogen (secondary N) is 1. The van der Waals surface area contributed by atoms with E-state index in [0.717, 1.165) is 45.5 Å². The van der Waals surface area contributed by atoms with Crippen LogP contribution in [-0.4, -0.2) is 27.7 Å². The van der Waals surface area contributed by atoms with Gasteiger partial charge in [0, 0.05) is 29.0 Å². The molecule has 3 aromatic carbocycles. The van der Waals surface area contributed by atoms with E-state index in [1.807, 2.05) is 91.1 Å². The molecule has 5 aromatic rings. The molecule has 0 aliphatic carbocycles. The Kier molecular flexibility index (Phi) is 7.46. The van der Waals surface area contributed by atoms with Crippen molar-refractivity contribution in [2.45, 2.75) is 25.9 Å². The van der Waals surface area contributed by atoms with Crippen molar-refractivity contribution >= 4 is 29.0 Å². The number of aromatic nitrogens is 2. The number of anilines is 1. The summed E-state index contributed by atoms with van der Waals surface area (Å²) in [4.78, 5) is 18.8. The van der Waals surface area contributed by atoms with Crippen LogP contribution in [0.5, 0.6) is 11.5 Å². The van der Waals surface area contributed by atoms with Crippen molar-refractivity contribution in [3.05, 3.63) is 138 Å². The van der Waals surface area contributed by atoms with E-state index < -0.39 is 0 Å². The maximum atomic E-state index is 12.0. The standard InChI is InChI=1S/C34H30N4O3S/c1-22-21-29(23(2)37(22)25-14-12-24(13-15-25)33(39)40-3)32-31(30-11-7-8-20-35-30)36-34(42)38(32)26-16-18-28(19-17-26)41-27-9-5-4-6-10-27/h4-21,31-32H,1-3H3,(H,36,42)/t31-,32+/m1/s1. The number of rotatable bonds is 7. The molecule has 1 aliphatic heterocycles. The van der Waals surface area contributed by atoms with E-state index in [4.69, 9.17) is 26.7 Å². The zero-order valence-corrected chi connectivity index (χ0v) is 24.3. The molecule has 7 nitrogen and oxygen atoms in total. The quantitative estimate of drug-likeness (QED) is 0.162. The van der Waals surface area contributed by atoms with Gasteiger partial charge in [-0.1, -0.05) is 24.3 Å². The minimum absolute atomic E-state index is 0.164. The smallest absolute Gasteiger partial charge is 0.337 e. The van der Waals surface area contributed by atoms with E-state index >= 15 is 0 Å². The van der Waals surface area contributed by atoms with Gasteiger partial charge in [0.1, 0.15) is 11.5 Å². The summed E-state index contributed by atoms with van der Waals surface area (Å²) in [7, 11) is 1.39. The number of thiocarbonyl (C=S) groups is 1. The normalized spacial score (nSPS) is 16.3. The fraction of sp³-hybridized carbons (Fsp3) is 0.147. The highest BCUT2D eigenvalue weighted by Gasteiger charge is 2.42. The van der Waals surface area contributed by atoms with E-state index in [-0.39, 0.29) is 18.1 Å². The van der Waals surface area contributed by atoms with Crippen molar-refractivity contribution in [3.63, 3.8) is 0 Å². The SMILES string of the molecule is COC(=O)c1ccc(-n2c(C)cc([C@H]3[C@@H](c4ccccn4)NC(=S)N3c3ccc(Oc4ccccc4)cc3)c2C)cc1. The van der Waals surface area contributed by atoms with Gasteiger partial charge in [-0.3, -0.25) is 4.98 Å². The Morgan fingerprint density at radius 3 is 2.19 bits per heavy atom. The number of benzene rings is 3. The third kappa shape index (κ3) is 5.12. The second-order valence-corrected chi connectivity index (χ2v) is 10.5. The van der Waals surface area contributed by atoms with Crippen LogP contribution in [0.4, 0.5) is 5.69 Å². The number of nitrogens with zero attached hydrogens (tertiary/aromatic N) is 3. The zero-order valence-electron chi connectivity index (χ0n) is 23.5. The molecule has 0 saturated carbocycles. The monoisotopic (exact) mass is 574 g/mol. The summed E-state index contributed by atoms with van der Waals surface area (Å²) in [6, 6.07) is 33.0. The zero-order chi connectivity index (χ0) is 29.2. The van der Waals surface area contributed by atoms with Gasteiger partial charge >= 0.3 is 5.97 Å². The molecule has 3 heterocycles. The molecule has 8 heteroatoms. The minimum atomic E-state index is -0.359. The summed E-state index contributed by atoms with van der Waals surface area (Å²) in [5, 5.41) is 4.17. The first kappa shape index (κ1) is 27.2. The van der Waals surface area contributed by atoms with Crippen LogP contribution in [0.2, 0.25) is 0 Å². The van der Waals surface area contributed by atoms with Crippen molar-refractivity contribution in [3.8, 4) is 17.2 Å². The van der Waals surface area contributed by atoms with Crippen molar-refractivity contribution in [1.29, 1.82) is 0 Å². The van der Waals surface area contributed by atoms with Crippen molar-refractivity contribution < 1.29 is 14.3 Å². The third-order valence-electron chi connectivity index (χ3n) is 7.53. The molecule has 0 radical (unpaired) electrons. The van der Waals surface area contributed by atoms with E-state index in [2.05, 4.69) is 34.7 Å². The summed E-state index contributed by atoms with van der Waals surface area (Å²) in [6.07, 6.45) is 1.81. The third-order valence-corrected chi connectivity index (χ3v) is 7.84. The lowest BCUT2D eigenvalue weighted by atomic mass is 9.96. The molecular formula is C34H30N4O3S. The summed E-state index contributed by atoms with van der Waals surface area (Å²) < 4.78 is 13.1. The molecule has 210 valence electrons. The minimum Gasteiger partial charge on any atom is -0.465 e. The molecule has 2 aromatic heterocycles. The summed E-state index contributed by atoms with van der Waals surface area (Å²) >= 11 is 5.95. The molecule has 0 spiro atoms. The molecule has 1 aliphatic rings. The van der Waals surface area contributed by atoms with Crippen LogP contribution in [0.15, 0.2) is 109 Å². The van der Waals surface area contributed by atoms with Gasteiger partial charge in [-0.05, 0) is 110 Å². The maximum Gasteiger partial charge on any atom is 0.337 e. The van der Waals surface area contributed by atoms with Gasteiger partial charge in [0.2, 0.25) is 0 Å². The Labute approximate surface area is 250 Å². The lowest BCUT2D eigenvalue weighted by Gasteiger charge is -2.28. The maximum absolute atomic E-state index is 12.0. The molecule has 2 atom stereocenters. The van der Waals surface area contributed by atoms with Crippen LogP contribution in [0.3, 0.4) is 0 Å². The molecule has 1 saturated heterocycles. The van der Waals surface area contributed by atoms with E-state index in [1.54, 1.807) is 12.1 Å². The number of carbonyl (C=O) groups excluding carboxylic acids is 1. The molecule has 6 rings (SSSR count). The number of aryl methyl sites for hydroxylation is 1. The first-order valence-corrected chi connectivity index (χ1v) is 14.1. The van der Waals surface area contributed by atoms with Gasteiger partial charge in [0.05, 0.1) is 30.5 Å². The van der Waals surface area contributed by atoms with Crippen molar-refractivity contribution in [2.75, 3.05) is 12.0 Å². The number of esters is 1. The average molecular weight is 575 g/mol. The fourth-order valence-corrected chi connectivity index (χ4v) is 5.94. The molecule has 1 fully saturated rings. The van der Waals surface area contributed by atoms with Crippen LogP contribution in [0.1, 0.15) is 45.1 Å². The predicted octanol–water partition coefficient (Wildman–Crippen LogP) is 7.25. The molecule has 42 heavy (non-hydrogen) atoms. The molecule has 0 bridgehead atoms. The lowest BCUT2D eigenvalue weighted by molar-refractivity contribution is 0.0600.